The molecule has 4 heterocycles. The topological polar surface area (TPSA) is 63.1 Å². The van der Waals surface area contributed by atoms with Crippen LogP contribution in [-0.4, -0.2) is 19.4 Å². The van der Waals surface area contributed by atoms with Gasteiger partial charge in [0.1, 0.15) is 11.5 Å². The number of nitrogens with zero attached hydrogens (tertiary/aromatic N) is 3. The molecule has 0 unspecified atom stereocenters. The van der Waals surface area contributed by atoms with Crippen molar-refractivity contribution in [2.45, 2.75) is 0 Å². The summed E-state index contributed by atoms with van der Waals surface area (Å²) in [5.74, 6) is -0.273. The smallest absolute Gasteiger partial charge is 0.247 e. The normalized spacial score (nSPS) is 11.1. The van der Waals surface area contributed by atoms with Crippen LogP contribution < -0.4 is 5.56 Å². The first-order chi connectivity index (χ1) is 14.2. The van der Waals surface area contributed by atoms with Gasteiger partial charge in [-0.15, -0.1) is 0 Å². The quantitative estimate of drug-likeness (QED) is 0.498. The molecule has 0 aliphatic heterocycles. The summed E-state index contributed by atoms with van der Waals surface area (Å²) in [6.07, 6.45) is 7.20. The van der Waals surface area contributed by atoms with Gasteiger partial charge in [-0.1, -0.05) is 0 Å². The second-order valence-electron chi connectivity index (χ2n) is 6.67. The second-order valence-corrected chi connectivity index (χ2v) is 6.67. The Balaban J connectivity index is 1.55. The zero-order valence-corrected chi connectivity index (χ0v) is 15.2. The van der Waals surface area contributed by atoms with Crippen molar-refractivity contribution in [3.8, 4) is 33.6 Å². The van der Waals surface area contributed by atoms with Gasteiger partial charge in [-0.25, -0.2) is 9.37 Å². The van der Waals surface area contributed by atoms with Crippen LogP contribution in [-0.2, 0) is 0 Å². The van der Waals surface area contributed by atoms with E-state index in [0.29, 0.717) is 0 Å². The summed E-state index contributed by atoms with van der Waals surface area (Å²) >= 11 is 0. The maximum absolute atomic E-state index is 13.2. The highest BCUT2D eigenvalue weighted by Crippen LogP contribution is 2.27. The molecule has 29 heavy (non-hydrogen) atoms. The number of H-pyrrole nitrogens is 1. The van der Waals surface area contributed by atoms with Crippen LogP contribution in [0.25, 0.3) is 39.3 Å². The number of benzene rings is 1. The van der Waals surface area contributed by atoms with E-state index in [0.717, 1.165) is 39.3 Å². The Morgan fingerprint density at radius 1 is 0.828 bits per heavy atom. The fourth-order valence-electron chi connectivity index (χ4n) is 3.33. The maximum atomic E-state index is 13.2. The SMILES string of the molecule is O=c1ccc(-c2ccn3c(-c4ccnc(-c5ccc(F)cc5)c4)cnc3c2)c[nH]1. The van der Waals surface area contributed by atoms with Crippen molar-refractivity contribution in [1.82, 2.24) is 19.4 Å². The third-order valence-electron chi connectivity index (χ3n) is 4.83. The molecule has 1 N–H and O–H groups in total. The second kappa shape index (κ2) is 6.83. The molecule has 0 amide bonds. The van der Waals surface area contributed by atoms with E-state index in [-0.39, 0.29) is 11.4 Å². The highest BCUT2D eigenvalue weighted by molar-refractivity contribution is 5.72. The van der Waals surface area contributed by atoms with Gasteiger partial charge in [0.05, 0.1) is 17.6 Å². The molecule has 5 rings (SSSR count). The lowest BCUT2D eigenvalue weighted by molar-refractivity contribution is 0.628. The summed E-state index contributed by atoms with van der Waals surface area (Å²) in [5.41, 5.74) is 6.05. The van der Waals surface area contributed by atoms with Gasteiger partial charge in [-0.2, -0.15) is 0 Å². The average molecular weight is 382 g/mol. The van der Waals surface area contributed by atoms with Crippen molar-refractivity contribution in [2.75, 3.05) is 0 Å². The molecule has 140 valence electrons. The van der Waals surface area contributed by atoms with Crippen molar-refractivity contribution >= 4 is 5.65 Å². The minimum Gasteiger partial charge on any atom is -0.328 e. The molecular weight excluding hydrogens is 367 g/mol. The van der Waals surface area contributed by atoms with E-state index < -0.39 is 0 Å². The Morgan fingerprint density at radius 3 is 2.45 bits per heavy atom. The number of halogens is 1. The molecule has 6 heteroatoms. The number of aromatic nitrogens is 4. The van der Waals surface area contributed by atoms with E-state index in [1.165, 1.54) is 18.2 Å². The van der Waals surface area contributed by atoms with Crippen LogP contribution in [0.2, 0.25) is 0 Å². The average Bonchev–Trinajstić information content (AvgIpc) is 3.18. The molecule has 0 radical (unpaired) electrons. The van der Waals surface area contributed by atoms with Gasteiger partial charge in [0, 0.05) is 35.8 Å². The van der Waals surface area contributed by atoms with Crippen LogP contribution >= 0.6 is 0 Å². The van der Waals surface area contributed by atoms with Crippen molar-refractivity contribution in [3.63, 3.8) is 0 Å². The lowest BCUT2D eigenvalue weighted by Gasteiger charge is -2.07. The maximum Gasteiger partial charge on any atom is 0.247 e. The lowest BCUT2D eigenvalue weighted by Crippen LogP contribution is -2.01. The Hall–Kier alpha value is -4.06. The van der Waals surface area contributed by atoms with E-state index in [2.05, 4.69) is 15.0 Å². The first-order valence-corrected chi connectivity index (χ1v) is 9.06. The van der Waals surface area contributed by atoms with E-state index in [9.17, 15) is 9.18 Å². The van der Waals surface area contributed by atoms with Gasteiger partial charge in [-0.3, -0.25) is 14.2 Å². The number of imidazole rings is 1. The number of rotatable bonds is 3. The Kier molecular flexibility index (Phi) is 4.02. The third-order valence-corrected chi connectivity index (χ3v) is 4.83. The molecule has 0 saturated carbocycles. The third kappa shape index (κ3) is 3.21. The minimum atomic E-state index is -0.273. The van der Waals surface area contributed by atoms with Crippen LogP contribution in [0.3, 0.4) is 0 Å². The molecule has 0 aliphatic carbocycles. The van der Waals surface area contributed by atoms with E-state index in [1.54, 1.807) is 30.6 Å². The lowest BCUT2D eigenvalue weighted by atomic mass is 10.1. The fourth-order valence-corrected chi connectivity index (χ4v) is 3.33. The van der Waals surface area contributed by atoms with Gasteiger partial charge in [0.15, 0.2) is 0 Å². The van der Waals surface area contributed by atoms with Gasteiger partial charge in [0.2, 0.25) is 5.56 Å². The first kappa shape index (κ1) is 17.1. The molecule has 5 aromatic rings. The zero-order valence-electron chi connectivity index (χ0n) is 15.2. The molecule has 4 aromatic heterocycles. The number of fused-ring (bicyclic) bond motifs is 1. The summed E-state index contributed by atoms with van der Waals surface area (Å²) in [7, 11) is 0. The summed E-state index contributed by atoms with van der Waals surface area (Å²) in [6.45, 7) is 0. The van der Waals surface area contributed by atoms with Crippen molar-refractivity contribution in [3.05, 3.63) is 102 Å². The van der Waals surface area contributed by atoms with Crippen molar-refractivity contribution < 1.29 is 4.39 Å². The molecule has 5 nitrogen and oxygen atoms in total. The predicted molar refractivity (Wildman–Crippen MR) is 110 cm³/mol. The van der Waals surface area contributed by atoms with Crippen LogP contribution in [0.4, 0.5) is 4.39 Å². The van der Waals surface area contributed by atoms with Gasteiger partial charge in [-0.05, 0) is 65.7 Å². The zero-order chi connectivity index (χ0) is 19.8. The Labute approximate surface area is 165 Å². The Bertz CT molecular complexity index is 1370. The van der Waals surface area contributed by atoms with E-state index in [1.807, 2.05) is 41.1 Å². The molecule has 0 spiro atoms. The van der Waals surface area contributed by atoms with Crippen molar-refractivity contribution in [2.24, 2.45) is 0 Å². The summed E-state index contributed by atoms with van der Waals surface area (Å²) in [5, 5.41) is 0. The minimum absolute atomic E-state index is 0.132. The van der Waals surface area contributed by atoms with E-state index in [4.69, 9.17) is 0 Å². The van der Waals surface area contributed by atoms with Crippen LogP contribution in [0, 0.1) is 5.82 Å². The molecule has 0 bridgehead atoms. The number of pyridine rings is 3. The number of nitrogens with one attached hydrogen (secondary N) is 1. The molecule has 0 saturated heterocycles. The fraction of sp³-hybridized carbons (Fsp3) is 0. The monoisotopic (exact) mass is 382 g/mol. The summed E-state index contributed by atoms with van der Waals surface area (Å²) < 4.78 is 15.2. The van der Waals surface area contributed by atoms with Gasteiger partial charge < -0.3 is 4.98 Å². The largest absolute Gasteiger partial charge is 0.328 e. The number of hydrogen-bond acceptors (Lipinski definition) is 3. The first-order valence-electron chi connectivity index (χ1n) is 9.06. The molecule has 0 fully saturated rings. The summed E-state index contributed by atoms with van der Waals surface area (Å²) in [4.78, 5) is 22.9. The van der Waals surface area contributed by atoms with Crippen molar-refractivity contribution in [1.29, 1.82) is 0 Å². The standard InChI is InChI=1S/C23H15FN4O/c24-19-4-1-15(2-5-19)20-11-17(7-9-25-20)21-14-26-22-12-16(8-10-28(21)22)18-3-6-23(29)27-13-18/h1-14H,(H,27,29). The van der Waals surface area contributed by atoms with E-state index >= 15 is 0 Å². The predicted octanol–water partition coefficient (Wildman–Crippen LogP) is 4.56. The highest BCUT2D eigenvalue weighted by atomic mass is 19.1. The number of hydrogen-bond donors (Lipinski definition) is 1. The molecule has 1 aromatic carbocycles. The Morgan fingerprint density at radius 2 is 1.66 bits per heavy atom. The molecule has 0 atom stereocenters. The molecule has 0 aliphatic rings. The highest BCUT2D eigenvalue weighted by Gasteiger charge is 2.09. The van der Waals surface area contributed by atoms with Crippen LogP contribution in [0.15, 0.2) is 90.2 Å². The van der Waals surface area contributed by atoms with Crippen LogP contribution in [0.5, 0.6) is 0 Å². The summed E-state index contributed by atoms with van der Waals surface area (Å²) in [6, 6.07) is 17.4. The van der Waals surface area contributed by atoms with Gasteiger partial charge in [0.25, 0.3) is 0 Å². The van der Waals surface area contributed by atoms with Gasteiger partial charge >= 0.3 is 0 Å². The van der Waals surface area contributed by atoms with Crippen LogP contribution in [0.1, 0.15) is 0 Å². The number of aromatic amines is 1. The molecular formula is C23H15FN4O.